The van der Waals surface area contributed by atoms with Crippen LogP contribution < -0.4 is 10.9 Å². The highest BCUT2D eigenvalue weighted by atomic mass is 16.5. The van der Waals surface area contributed by atoms with Gasteiger partial charge in [0.2, 0.25) is 5.91 Å². The molecule has 0 radical (unpaired) electrons. The lowest BCUT2D eigenvalue weighted by molar-refractivity contribution is -0.145. The minimum atomic E-state index is -0.391. The number of ether oxygens (including phenoxy) is 1. The maximum Gasteiger partial charge on any atom is 0.324 e. The van der Waals surface area contributed by atoms with E-state index in [1.54, 1.807) is 0 Å². The van der Waals surface area contributed by atoms with Gasteiger partial charge < -0.3 is 4.74 Å². The first kappa shape index (κ1) is 8.00. The van der Waals surface area contributed by atoms with Crippen molar-refractivity contribution in [2.45, 2.75) is 18.9 Å². The maximum absolute atomic E-state index is 10.8. The Balaban J connectivity index is 2.39. The van der Waals surface area contributed by atoms with Crippen molar-refractivity contribution in [1.29, 1.82) is 0 Å². The Morgan fingerprint density at radius 3 is 2.91 bits per heavy atom. The minimum Gasteiger partial charge on any atom is -0.468 e. The van der Waals surface area contributed by atoms with Gasteiger partial charge in [0.1, 0.15) is 6.04 Å². The summed E-state index contributed by atoms with van der Waals surface area (Å²) in [4.78, 5) is 21.4. The first-order valence-electron chi connectivity index (χ1n) is 3.36. The summed E-state index contributed by atoms with van der Waals surface area (Å²) in [5, 5.41) is 0. The highest BCUT2D eigenvalue weighted by molar-refractivity contribution is 5.81. The molecule has 11 heavy (non-hydrogen) atoms. The lowest BCUT2D eigenvalue weighted by Gasteiger charge is -2.21. The van der Waals surface area contributed by atoms with Crippen LogP contribution in [-0.2, 0) is 14.3 Å². The summed E-state index contributed by atoms with van der Waals surface area (Å²) in [5.74, 6) is -0.435. The van der Waals surface area contributed by atoms with Crippen molar-refractivity contribution in [1.82, 2.24) is 10.9 Å². The predicted molar refractivity (Wildman–Crippen MR) is 36.3 cm³/mol. The molecule has 0 bridgehead atoms. The number of hydrogen-bond donors (Lipinski definition) is 2. The quantitative estimate of drug-likeness (QED) is 0.477. The molecule has 0 aromatic carbocycles. The summed E-state index contributed by atoms with van der Waals surface area (Å²) in [5.41, 5.74) is 4.90. The van der Waals surface area contributed by atoms with Crippen molar-refractivity contribution in [3.8, 4) is 0 Å². The molecule has 0 aromatic rings. The molecule has 2 N–H and O–H groups in total. The van der Waals surface area contributed by atoms with E-state index < -0.39 is 6.04 Å². The SMILES string of the molecule is COC(=O)C1CCC(=O)NN1. The second-order valence-corrected chi connectivity index (χ2v) is 2.31. The zero-order valence-corrected chi connectivity index (χ0v) is 6.22. The molecule has 1 aliphatic rings. The van der Waals surface area contributed by atoms with Crippen molar-refractivity contribution in [2.24, 2.45) is 0 Å². The number of esters is 1. The number of hydrazine groups is 1. The van der Waals surface area contributed by atoms with Gasteiger partial charge in [-0.2, -0.15) is 0 Å². The molecular weight excluding hydrogens is 148 g/mol. The first-order valence-corrected chi connectivity index (χ1v) is 3.36. The zero-order chi connectivity index (χ0) is 8.27. The van der Waals surface area contributed by atoms with Crippen molar-refractivity contribution >= 4 is 11.9 Å². The fourth-order valence-corrected chi connectivity index (χ4v) is 0.897. The fraction of sp³-hybridized carbons (Fsp3) is 0.667. The van der Waals surface area contributed by atoms with Crippen molar-refractivity contribution < 1.29 is 14.3 Å². The molecule has 1 unspecified atom stereocenters. The Morgan fingerprint density at radius 2 is 2.45 bits per heavy atom. The molecule has 0 aromatic heterocycles. The second-order valence-electron chi connectivity index (χ2n) is 2.31. The summed E-state index contributed by atoms with van der Waals surface area (Å²) in [7, 11) is 1.32. The summed E-state index contributed by atoms with van der Waals surface area (Å²) in [6.45, 7) is 0. The number of amides is 1. The van der Waals surface area contributed by atoms with Gasteiger partial charge in [-0.1, -0.05) is 0 Å². The average Bonchev–Trinajstić information content (AvgIpc) is 2.05. The van der Waals surface area contributed by atoms with Gasteiger partial charge in [-0.05, 0) is 6.42 Å². The third-order valence-electron chi connectivity index (χ3n) is 1.53. The van der Waals surface area contributed by atoms with Gasteiger partial charge in [0.25, 0.3) is 0 Å². The normalized spacial score (nSPS) is 24.1. The van der Waals surface area contributed by atoms with Crippen molar-refractivity contribution in [2.75, 3.05) is 7.11 Å². The Labute approximate surface area is 64.1 Å². The molecule has 1 aliphatic heterocycles. The summed E-state index contributed by atoms with van der Waals surface area (Å²) in [6.07, 6.45) is 0.866. The maximum atomic E-state index is 10.8. The number of rotatable bonds is 1. The first-order chi connectivity index (χ1) is 5.24. The van der Waals surface area contributed by atoms with Crippen molar-refractivity contribution in [3.05, 3.63) is 0 Å². The van der Waals surface area contributed by atoms with Crippen LogP contribution in [0.25, 0.3) is 0 Å². The van der Waals surface area contributed by atoms with Crippen LogP contribution in [0, 0.1) is 0 Å². The zero-order valence-electron chi connectivity index (χ0n) is 6.22. The van der Waals surface area contributed by atoms with Gasteiger partial charge in [0.15, 0.2) is 0 Å². The van der Waals surface area contributed by atoms with Crippen LogP contribution in [-0.4, -0.2) is 25.0 Å². The van der Waals surface area contributed by atoms with E-state index in [0.717, 1.165) is 0 Å². The van der Waals surface area contributed by atoms with Crippen LogP contribution in [0.1, 0.15) is 12.8 Å². The molecule has 0 spiro atoms. The van der Waals surface area contributed by atoms with Crippen LogP contribution in [0.3, 0.4) is 0 Å². The molecule has 1 fully saturated rings. The van der Waals surface area contributed by atoms with E-state index in [1.165, 1.54) is 7.11 Å². The summed E-state index contributed by atoms with van der Waals surface area (Å²) >= 11 is 0. The van der Waals surface area contributed by atoms with Crippen LogP contribution in [0.4, 0.5) is 0 Å². The van der Waals surface area contributed by atoms with E-state index in [0.29, 0.717) is 12.8 Å². The van der Waals surface area contributed by atoms with Crippen LogP contribution in [0.2, 0.25) is 0 Å². The molecule has 0 saturated carbocycles. The van der Waals surface area contributed by atoms with Crippen LogP contribution in [0.15, 0.2) is 0 Å². The van der Waals surface area contributed by atoms with Gasteiger partial charge in [-0.25, -0.2) is 5.43 Å². The number of nitrogens with one attached hydrogen (secondary N) is 2. The summed E-state index contributed by atoms with van der Waals surface area (Å²) in [6, 6.07) is -0.391. The third kappa shape index (κ3) is 1.91. The Morgan fingerprint density at radius 1 is 1.73 bits per heavy atom. The van der Waals surface area contributed by atoms with E-state index in [9.17, 15) is 9.59 Å². The predicted octanol–water partition coefficient (Wildman–Crippen LogP) is -1.06. The molecule has 0 aliphatic carbocycles. The molecule has 5 heteroatoms. The highest BCUT2D eigenvalue weighted by Gasteiger charge is 2.24. The molecule has 5 nitrogen and oxygen atoms in total. The standard InChI is InChI=1S/C6H10N2O3/c1-11-6(10)4-2-3-5(9)8-7-4/h4,7H,2-3H2,1H3,(H,8,9). The Kier molecular flexibility index (Phi) is 2.43. The fourth-order valence-electron chi connectivity index (χ4n) is 0.897. The smallest absolute Gasteiger partial charge is 0.324 e. The Bertz CT molecular complexity index is 171. The molecule has 1 heterocycles. The van der Waals surface area contributed by atoms with E-state index in [1.807, 2.05) is 0 Å². The van der Waals surface area contributed by atoms with Crippen LogP contribution in [0.5, 0.6) is 0 Å². The minimum absolute atomic E-state index is 0.0925. The molecule has 1 amide bonds. The third-order valence-corrected chi connectivity index (χ3v) is 1.53. The van der Waals surface area contributed by atoms with Gasteiger partial charge in [-0.3, -0.25) is 15.0 Å². The van der Waals surface area contributed by atoms with Gasteiger partial charge in [0, 0.05) is 6.42 Å². The van der Waals surface area contributed by atoms with Crippen molar-refractivity contribution in [3.63, 3.8) is 0 Å². The molecule has 62 valence electrons. The average molecular weight is 158 g/mol. The van der Waals surface area contributed by atoms with Gasteiger partial charge in [0.05, 0.1) is 7.11 Å². The molecular formula is C6H10N2O3. The van der Waals surface area contributed by atoms with E-state index in [-0.39, 0.29) is 11.9 Å². The van der Waals surface area contributed by atoms with Gasteiger partial charge in [-0.15, -0.1) is 0 Å². The van der Waals surface area contributed by atoms with Gasteiger partial charge >= 0.3 is 5.97 Å². The number of carbonyl (C=O) groups excluding carboxylic acids is 2. The number of hydrogen-bond acceptors (Lipinski definition) is 4. The lowest BCUT2D eigenvalue weighted by Crippen LogP contribution is -2.52. The number of methoxy groups -OCH3 is 1. The summed E-state index contributed by atoms with van der Waals surface area (Å²) < 4.78 is 4.47. The second kappa shape index (κ2) is 3.34. The Hall–Kier alpha value is -1.10. The topological polar surface area (TPSA) is 67.4 Å². The molecule has 1 rings (SSSR count). The van der Waals surface area contributed by atoms with E-state index >= 15 is 0 Å². The monoisotopic (exact) mass is 158 g/mol. The van der Waals surface area contributed by atoms with E-state index in [2.05, 4.69) is 15.6 Å². The van der Waals surface area contributed by atoms with E-state index in [4.69, 9.17) is 0 Å². The highest BCUT2D eigenvalue weighted by Crippen LogP contribution is 2.02. The lowest BCUT2D eigenvalue weighted by atomic mass is 10.1. The molecule has 1 atom stereocenters. The number of carbonyl (C=O) groups is 2. The van der Waals surface area contributed by atoms with Crippen LogP contribution >= 0.6 is 0 Å². The molecule has 1 saturated heterocycles. The largest absolute Gasteiger partial charge is 0.468 e.